The first-order chi connectivity index (χ1) is 6.11. The Morgan fingerprint density at radius 3 is 2.08 bits per heavy atom. The molecule has 0 aromatic carbocycles. The molecule has 0 radical (unpaired) electrons. The van der Waals surface area contributed by atoms with Gasteiger partial charge in [-0.15, -0.1) is 0 Å². The van der Waals surface area contributed by atoms with E-state index < -0.39 is 0 Å². The van der Waals surface area contributed by atoms with Crippen LogP contribution in [0, 0.1) is 17.2 Å². The molecule has 0 aliphatic carbocycles. The van der Waals surface area contributed by atoms with Gasteiger partial charge in [-0.05, 0) is 31.7 Å². The summed E-state index contributed by atoms with van der Waals surface area (Å²) in [6, 6.07) is 0. The van der Waals surface area contributed by atoms with E-state index in [0.29, 0.717) is 11.8 Å². The first-order valence-electron chi connectivity index (χ1n) is 4.65. The van der Waals surface area contributed by atoms with Crippen LogP contribution in [0.25, 0.3) is 0 Å². The standard InChI is InChI=1S/C10H19N.CH3N/c1-6-9(4)10(11-5)7-8(2)3;1-2/h7-9H,5-6H2,1-4H3;2H,1H2/b10-7-;. The van der Waals surface area contributed by atoms with Crippen LogP contribution >= 0.6 is 0 Å². The number of aliphatic imine (C=N–C) groups is 1. The summed E-state index contributed by atoms with van der Waals surface area (Å²) < 4.78 is 0. The largest absolute Gasteiger partial charge is 0.317 e. The molecule has 0 spiro atoms. The van der Waals surface area contributed by atoms with Crippen LogP contribution in [0.3, 0.4) is 0 Å². The lowest BCUT2D eigenvalue weighted by molar-refractivity contribution is 0.636. The minimum Gasteiger partial charge on any atom is -0.317 e. The number of hydrogen-bond donors (Lipinski definition) is 1. The molecule has 1 atom stereocenters. The summed E-state index contributed by atoms with van der Waals surface area (Å²) in [4.78, 5) is 4.01. The molecule has 76 valence electrons. The molecule has 0 rings (SSSR count). The minimum atomic E-state index is 0.551. The molecule has 0 aliphatic heterocycles. The predicted octanol–water partition coefficient (Wildman–Crippen LogP) is 3.54. The molecule has 0 aliphatic rings. The average Bonchev–Trinajstić information content (AvgIpc) is 2.16. The molecular weight excluding hydrogens is 160 g/mol. The van der Waals surface area contributed by atoms with Gasteiger partial charge in [0.1, 0.15) is 0 Å². The van der Waals surface area contributed by atoms with Gasteiger partial charge in [-0.2, -0.15) is 0 Å². The van der Waals surface area contributed by atoms with Gasteiger partial charge in [-0.1, -0.05) is 33.8 Å². The van der Waals surface area contributed by atoms with Crippen LogP contribution < -0.4 is 0 Å². The highest BCUT2D eigenvalue weighted by molar-refractivity contribution is 5.29. The third-order valence-corrected chi connectivity index (χ3v) is 1.80. The van der Waals surface area contributed by atoms with Crippen LogP contribution in [-0.2, 0) is 0 Å². The molecule has 0 aromatic heterocycles. The van der Waals surface area contributed by atoms with E-state index in [9.17, 15) is 0 Å². The smallest absolute Gasteiger partial charge is 0.0387 e. The van der Waals surface area contributed by atoms with E-state index in [1.807, 2.05) is 0 Å². The minimum absolute atomic E-state index is 0.551. The topological polar surface area (TPSA) is 36.2 Å². The zero-order chi connectivity index (χ0) is 10.9. The SMILES string of the molecule is C=N.C=N/C(=C\C(C)C)C(C)CC. The number of nitrogens with one attached hydrogen (secondary N) is 1. The Bertz CT molecular complexity index is 159. The fourth-order valence-electron chi connectivity index (χ4n) is 0.923. The lowest BCUT2D eigenvalue weighted by atomic mass is 10.0. The van der Waals surface area contributed by atoms with Crippen LogP contribution in [0.15, 0.2) is 16.8 Å². The predicted molar refractivity (Wildman–Crippen MR) is 61.8 cm³/mol. The highest BCUT2D eigenvalue weighted by Gasteiger charge is 2.03. The molecule has 0 amide bonds. The fraction of sp³-hybridized carbons (Fsp3) is 0.636. The Labute approximate surface area is 82.3 Å². The van der Waals surface area contributed by atoms with Gasteiger partial charge in [0.15, 0.2) is 0 Å². The second-order valence-corrected chi connectivity index (χ2v) is 3.30. The highest BCUT2D eigenvalue weighted by atomic mass is 14.7. The van der Waals surface area contributed by atoms with E-state index in [4.69, 9.17) is 5.41 Å². The molecular formula is C11H22N2. The maximum absolute atomic E-state index is 5.50. The molecule has 0 fully saturated rings. The molecule has 1 unspecified atom stereocenters. The second-order valence-electron chi connectivity index (χ2n) is 3.30. The molecule has 0 heterocycles. The van der Waals surface area contributed by atoms with Crippen molar-refractivity contribution in [2.24, 2.45) is 16.8 Å². The van der Waals surface area contributed by atoms with Crippen molar-refractivity contribution < 1.29 is 0 Å². The molecule has 0 saturated heterocycles. The van der Waals surface area contributed by atoms with Crippen molar-refractivity contribution in [2.75, 3.05) is 0 Å². The van der Waals surface area contributed by atoms with E-state index >= 15 is 0 Å². The zero-order valence-electron chi connectivity index (χ0n) is 9.30. The summed E-state index contributed by atoms with van der Waals surface area (Å²) >= 11 is 0. The maximum atomic E-state index is 5.50. The highest BCUT2D eigenvalue weighted by Crippen LogP contribution is 2.16. The number of allylic oxidation sites excluding steroid dienone is 2. The molecule has 0 bridgehead atoms. The van der Waals surface area contributed by atoms with Gasteiger partial charge in [0.2, 0.25) is 0 Å². The Morgan fingerprint density at radius 1 is 1.38 bits per heavy atom. The normalized spacial score (nSPS) is 13.2. The number of nitrogens with zero attached hydrogens (tertiary/aromatic N) is 1. The van der Waals surface area contributed by atoms with Crippen LogP contribution in [-0.4, -0.2) is 13.4 Å². The molecule has 2 nitrogen and oxygen atoms in total. The summed E-state index contributed by atoms with van der Waals surface area (Å²) in [6.07, 6.45) is 3.32. The summed E-state index contributed by atoms with van der Waals surface area (Å²) in [5, 5.41) is 5.50. The van der Waals surface area contributed by atoms with E-state index in [-0.39, 0.29) is 0 Å². The van der Waals surface area contributed by atoms with Gasteiger partial charge in [-0.25, -0.2) is 0 Å². The molecule has 1 N–H and O–H groups in total. The zero-order valence-corrected chi connectivity index (χ0v) is 9.30. The van der Waals surface area contributed by atoms with Gasteiger partial charge in [0.25, 0.3) is 0 Å². The molecule has 0 saturated carbocycles. The van der Waals surface area contributed by atoms with Crippen LogP contribution in [0.1, 0.15) is 34.1 Å². The van der Waals surface area contributed by atoms with E-state index in [1.54, 1.807) is 0 Å². The van der Waals surface area contributed by atoms with E-state index in [2.05, 4.69) is 52.2 Å². The third kappa shape index (κ3) is 7.44. The van der Waals surface area contributed by atoms with Crippen LogP contribution in [0.2, 0.25) is 0 Å². The first kappa shape index (κ1) is 14.6. The van der Waals surface area contributed by atoms with Crippen molar-refractivity contribution in [2.45, 2.75) is 34.1 Å². The van der Waals surface area contributed by atoms with Gasteiger partial charge >= 0.3 is 0 Å². The fourth-order valence-corrected chi connectivity index (χ4v) is 0.923. The Kier molecular flexibility index (Phi) is 10.3. The van der Waals surface area contributed by atoms with Crippen LogP contribution in [0.4, 0.5) is 0 Å². The molecule has 2 heteroatoms. The van der Waals surface area contributed by atoms with Gasteiger partial charge in [0, 0.05) is 5.70 Å². The lowest BCUT2D eigenvalue weighted by Crippen LogP contribution is -1.96. The quantitative estimate of drug-likeness (QED) is 0.646. The van der Waals surface area contributed by atoms with Crippen molar-refractivity contribution in [3.8, 4) is 0 Å². The number of rotatable bonds is 4. The maximum Gasteiger partial charge on any atom is 0.0387 e. The van der Waals surface area contributed by atoms with E-state index in [1.165, 1.54) is 0 Å². The number of hydrogen-bond acceptors (Lipinski definition) is 2. The lowest BCUT2D eigenvalue weighted by Gasteiger charge is -2.09. The van der Waals surface area contributed by atoms with Crippen molar-refractivity contribution in [3.05, 3.63) is 11.8 Å². The Morgan fingerprint density at radius 2 is 1.85 bits per heavy atom. The summed E-state index contributed by atoms with van der Waals surface area (Å²) in [5.74, 6) is 1.12. The monoisotopic (exact) mass is 182 g/mol. The summed E-state index contributed by atoms with van der Waals surface area (Å²) in [7, 11) is 0. The molecule has 13 heavy (non-hydrogen) atoms. The third-order valence-electron chi connectivity index (χ3n) is 1.80. The molecule has 0 aromatic rings. The van der Waals surface area contributed by atoms with Crippen molar-refractivity contribution >= 4 is 13.4 Å². The van der Waals surface area contributed by atoms with Crippen molar-refractivity contribution in [1.82, 2.24) is 0 Å². The average molecular weight is 182 g/mol. The van der Waals surface area contributed by atoms with Crippen molar-refractivity contribution in [3.63, 3.8) is 0 Å². The van der Waals surface area contributed by atoms with Crippen LogP contribution in [0.5, 0.6) is 0 Å². The second kappa shape index (κ2) is 9.17. The van der Waals surface area contributed by atoms with E-state index in [0.717, 1.165) is 12.1 Å². The van der Waals surface area contributed by atoms with Gasteiger partial charge < -0.3 is 5.41 Å². The summed E-state index contributed by atoms with van der Waals surface area (Å²) in [5.41, 5.74) is 1.14. The van der Waals surface area contributed by atoms with Crippen molar-refractivity contribution in [1.29, 1.82) is 5.41 Å². The van der Waals surface area contributed by atoms with Gasteiger partial charge in [-0.3, -0.25) is 4.99 Å². The summed E-state index contributed by atoms with van der Waals surface area (Å²) in [6.45, 7) is 14.7. The Hall–Kier alpha value is -0.920. The Balaban J connectivity index is 0. The van der Waals surface area contributed by atoms with Gasteiger partial charge in [0.05, 0.1) is 0 Å². The first-order valence-corrected chi connectivity index (χ1v) is 4.65.